The maximum absolute atomic E-state index is 13.4. The number of halogens is 2. The third-order valence-corrected chi connectivity index (χ3v) is 4.88. The minimum Gasteiger partial charge on any atom is -0.496 e. The van der Waals surface area contributed by atoms with Crippen LogP contribution in [0.15, 0.2) is 78.5 Å². The molecule has 0 saturated carbocycles. The third kappa shape index (κ3) is 3.53. The van der Waals surface area contributed by atoms with Crippen molar-refractivity contribution >= 4 is 40.4 Å². The topological polar surface area (TPSA) is 58.6 Å². The molecule has 3 aromatic carbocycles. The van der Waals surface area contributed by atoms with E-state index in [4.69, 9.17) is 16.3 Å². The Balaban J connectivity index is 1.86. The Kier molecular flexibility index (Phi) is 5.25. The number of carbonyl (C=O) groups is 2. The lowest BCUT2D eigenvalue weighted by atomic mass is 10.0. The zero-order valence-corrected chi connectivity index (χ0v) is 16.6. The number of methoxy groups -OCH3 is 1. The lowest BCUT2D eigenvalue weighted by molar-refractivity contribution is -0.120. The van der Waals surface area contributed by atoms with Gasteiger partial charge in [-0.3, -0.25) is 9.59 Å². The lowest BCUT2D eigenvalue weighted by Gasteiger charge is -2.16. The van der Waals surface area contributed by atoms with E-state index in [0.29, 0.717) is 27.7 Å². The molecule has 0 aliphatic carbocycles. The van der Waals surface area contributed by atoms with Gasteiger partial charge in [-0.05, 0) is 48.5 Å². The molecule has 0 saturated heterocycles. The minimum absolute atomic E-state index is 0.0658. The van der Waals surface area contributed by atoms with Gasteiger partial charge in [0.2, 0.25) is 0 Å². The van der Waals surface area contributed by atoms with Crippen molar-refractivity contribution in [3.8, 4) is 5.75 Å². The quantitative estimate of drug-likeness (QED) is 0.595. The molecule has 3 aromatic rings. The molecular weight excluding hydrogens is 407 g/mol. The Labute approximate surface area is 177 Å². The number of carbonyl (C=O) groups excluding carboxylic acids is 2. The van der Waals surface area contributed by atoms with Crippen molar-refractivity contribution in [1.82, 2.24) is 0 Å². The molecule has 0 fully saturated rings. The van der Waals surface area contributed by atoms with E-state index in [0.717, 1.165) is 4.90 Å². The van der Waals surface area contributed by atoms with Gasteiger partial charge in [-0.25, -0.2) is 9.29 Å². The van der Waals surface area contributed by atoms with Gasteiger partial charge < -0.3 is 10.1 Å². The molecule has 0 radical (unpaired) electrons. The number of ether oxygens (including phenoxy) is 1. The summed E-state index contributed by atoms with van der Waals surface area (Å²) in [5.74, 6) is -1.03. The highest BCUT2D eigenvalue weighted by Gasteiger charge is 2.41. The summed E-state index contributed by atoms with van der Waals surface area (Å²) in [5, 5.41) is 3.37. The predicted octanol–water partition coefficient (Wildman–Crippen LogP) is 4.88. The molecule has 2 amide bonds. The molecule has 1 heterocycles. The highest BCUT2D eigenvalue weighted by Crippen LogP contribution is 2.37. The van der Waals surface area contributed by atoms with Crippen LogP contribution >= 0.6 is 11.6 Å². The lowest BCUT2D eigenvalue weighted by Crippen LogP contribution is -2.32. The van der Waals surface area contributed by atoms with Crippen LogP contribution in [0.1, 0.15) is 5.56 Å². The Hall–Kier alpha value is -3.64. The number of nitrogens with zero attached hydrogens (tertiary/aromatic N) is 1. The van der Waals surface area contributed by atoms with Crippen molar-refractivity contribution < 1.29 is 18.7 Å². The van der Waals surface area contributed by atoms with Crippen molar-refractivity contribution in [2.24, 2.45) is 0 Å². The first-order valence-electron chi connectivity index (χ1n) is 9.04. The molecule has 7 heteroatoms. The van der Waals surface area contributed by atoms with Gasteiger partial charge in [-0.15, -0.1) is 0 Å². The summed E-state index contributed by atoms with van der Waals surface area (Å²) in [4.78, 5) is 27.8. The van der Waals surface area contributed by atoms with Gasteiger partial charge in [0.05, 0.1) is 18.4 Å². The first-order valence-corrected chi connectivity index (χ1v) is 9.42. The molecule has 0 unspecified atom stereocenters. The number of imide groups is 1. The van der Waals surface area contributed by atoms with Crippen LogP contribution in [0.25, 0.3) is 5.57 Å². The smallest absolute Gasteiger partial charge is 0.282 e. The Morgan fingerprint density at radius 2 is 1.67 bits per heavy atom. The van der Waals surface area contributed by atoms with Gasteiger partial charge in [0, 0.05) is 16.3 Å². The molecule has 5 nitrogen and oxygen atoms in total. The Bertz CT molecular complexity index is 1180. The van der Waals surface area contributed by atoms with E-state index in [2.05, 4.69) is 5.32 Å². The number of amides is 2. The number of rotatable bonds is 5. The molecule has 0 spiro atoms. The van der Waals surface area contributed by atoms with Crippen LogP contribution in [-0.4, -0.2) is 18.9 Å². The van der Waals surface area contributed by atoms with Crippen LogP contribution in [-0.2, 0) is 9.59 Å². The molecule has 4 rings (SSSR count). The summed E-state index contributed by atoms with van der Waals surface area (Å²) in [7, 11) is 1.49. The summed E-state index contributed by atoms with van der Waals surface area (Å²) >= 11 is 6.07. The van der Waals surface area contributed by atoms with Crippen molar-refractivity contribution in [2.75, 3.05) is 17.3 Å². The second kappa shape index (κ2) is 8.00. The van der Waals surface area contributed by atoms with E-state index < -0.39 is 17.6 Å². The first kappa shape index (κ1) is 19.7. The van der Waals surface area contributed by atoms with Gasteiger partial charge in [0.25, 0.3) is 11.8 Å². The van der Waals surface area contributed by atoms with Gasteiger partial charge in [-0.1, -0.05) is 35.9 Å². The summed E-state index contributed by atoms with van der Waals surface area (Å²) in [6.45, 7) is 0. The number of hydrogen-bond donors (Lipinski definition) is 1. The predicted molar refractivity (Wildman–Crippen MR) is 114 cm³/mol. The molecule has 1 aliphatic rings. The van der Waals surface area contributed by atoms with Crippen LogP contribution in [0.4, 0.5) is 15.8 Å². The molecule has 1 N–H and O–H groups in total. The van der Waals surface area contributed by atoms with Crippen molar-refractivity contribution in [3.05, 3.63) is 94.9 Å². The molecule has 0 aromatic heterocycles. The van der Waals surface area contributed by atoms with Crippen LogP contribution < -0.4 is 15.0 Å². The molecule has 30 heavy (non-hydrogen) atoms. The fourth-order valence-corrected chi connectivity index (χ4v) is 3.46. The average molecular weight is 423 g/mol. The molecule has 0 atom stereocenters. The van der Waals surface area contributed by atoms with E-state index in [1.807, 2.05) is 0 Å². The first-order chi connectivity index (χ1) is 14.5. The second-order valence-electron chi connectivity index (χ2n) is 6.51. The zero-order valence-electron chi connectivity index (χ0n) is 15.9. The molecular formula is C23H16ClFN2O3. The third-order valence-electron chi connectivity index (χ3n) is 4.64. The standard InChI is InChI=1S/C23H16ClFN2O3/c1-30-19-8-3-2-7-18(19)20-21(26-16-11-9-15(25)10-12-16)23(29)27(22(20)28)17-6-4-5-14(24)13-17/h2-13,26H,1H3. The average Bonchev–Trinajstić information content (AvgIpc) is 2.99. The zero-order chi connectivity index (χ0) is 21.3. The number of nitrogens with one attached hydrogen (secondary N) is 1. The molecule has 150 valence electrons. The summed E-state index contributed by atoms with van der Waals surface area (Å²) in [5.41, 5.74) is 1.50. The number of para-hydroxylation sites is 1. The minimum atomic E-state index is -0.549. The van der Waals surface area contributed by atoms with Gasteiger partial charge in [0.15, 0.2) is 0 Å². The largest absolute Gasteiger partial charge is 0.496 e. The van der Waals surface area contributed by atoms with Crippen LogP contribution in [0.2, 0.25) is 5.02 Å². The summed E-state index contributed by atoms with van der Waals surface area (Å²) in [6.07, 6.45) is 0. The van der Waals surface area contributed by atoms with Crippen molar-refractivity contribution in [2.45, 2.75) is 0 Å². The Morgan fingerprint density at radius 3 is 2.37 bits per heavy atom. The monoisotopic (exact) mass is 422 g/mol. The molecule has 1 aliphatic heterocycles. The van der Waals surface area contributed by atoms with Crippen LogP contribution in [0.3, 0.4) is 0 Å². The fourth-order valence-electron chi connectivity index (χ4n) is 3.27. The SMILES string of the molecule is COc1ccccc1C1=C(Nc2ccc(F)cc2)C(=O)N(c2cccc(Cl)c2)C1=O. The highest BCUT2D eigenvalue weighted by atomic mass is 35.5. The maximum Gasteiger partial charge on any atom is 0.282 e. The highest BCUT2D eigenvalue weighted by molar-refractivity contribution is 6.46. The van der Waals surface area contributed by atoms with E-state index >= 15 is 0 Å². The van der Waals surface area contributed by atoms with Crippen LogP contribution in [0.5, 0.6) is 5.75 Å². The second-order valence-corrected chi connectivity index (χ2v) is 6.94. The van der Waals surface area contributed by atoms with E-state index in [1.54, 1.807) is 42.5 Å². The van der Waals surface area contributed by atoms with Gasteiger partial charge in [-0.2, -0.15) is 0 Å². The molecule has 0 bridgehead atoms. The van der Waals surface area contributed by atoms with E-state index in [-0.39, 0.29) is 11.3 Å². The van der Waals surface area contributed by atoms with Crippen molar-refractivity contribution in [3.63, 3.8) is 0 Å². The van der Waals surface area contributed by atoms with Gasteiger partial charge in [0.1, 0.15) is 17.3 Å². The fraction of sp³-hybridized carbons (Fsp3) is 0.0435. The van der Waals surface area contributed by atoms with Gasteiger partial charge >= 0.3 is 0 Å². The number of benzene rings is 3. The number of hydrogen-bond acceptors (Lipinski definition) is 4. The van der Waals surface area contributed by atoms with E-state index in [9.17, 15) is 14.0 Å². The number of anilines is 2. The summed E-state index contributed by atoms with van der Waals surface area (Å²) < 4.78 is 18.7. The normalized spacial score (nSPS) is 13.8. The summed E-state index contributed by atoms with van der Waals surface area (Å²) in [6, 6.07) is 18.9. The maximum atomic E-state index is 13.4. The van der Waals surface area contributed by atoms with Crippen LogP contribution in [0, 0.1) is 5.82 Å². The Morgan fingerprint density at radius 1 is 0.933 bits per heavy atom. The van der Waals surface area contributed by atoms with E-state index in [1.165, 1.54) is 37.4 Å². The van der Waals surface area contributed by atoms with Crippen molar-refractivity contribution in [1.29, 1.82) is 0 Å².